The zero-order chi connectivity index (χ0) is 23.3. The van der Waals surface area contributed by atoms with Crippen molar-refractivity contribution in [3.63, 3.8) is 0 Å². The van der Waals surface area contributed by atoms with Gasteiger partial charge in [0, 0.05) is 10.6 Å². The molecule has 3 amide bonds. The maximum Gasteiger partial charge on any atom is 0.318 e. The van der Waals surface area contributed by atoms with E-state index in [1.54, 1.807) is 4.90 Å². The van der Waals surface area contributed by atoms with Crippen LogP contribution >= 0.6 is 0 Å². The van der Waals surface area contributed by atoms with Gasteiger partial charge in [0.05, 0.1) is 39.4 Å². The zero-order valence-electron chi connectivity index (χ0n) is 19.7. The lowest BCUT2D eigenvalue weighted by molar-refractivity contribution is -0.120. The summed E-state index contributed by atoms with van der Waals surface area (Å²) in [4.78, 5) is 32.8. The molecule has 7 nitrogen and oxygen atoms in total. The number of hydrogen-bond donors (Lipinski definition) is 3. The molecule has 1 atom stereocenters. The first-order chi connectivity index (χ1) is 15.0. The van der Waals surface area contributed by atoms with Gasteiger partial charge in [-0.05, 0) is 37.8 Å². The Morgan fingerprint density at radius 1 is 1.19 bits per heavy atom. The van der Waals surface area contributed by atoms with Gasteiger partial charge < -0.3 is 20.6 Å². The molecular weight excluding hydrogens is 420 g/mol. The van der Waals surface area contributed by atoms with Crippen molar-refractivity contribution in [1.82, 2.24) is 15.5 Å². The van der Waals surface area contributed by atoms with Crippen LogP contribution in [0.2, 0.25) is 24.7 Å². The lowest BCUT2D eigenvalue weighted by Gasteiger charge is -2.35. The Morgan fingerprint density at radius 2 is 1.84 bits per heavy atom. The molecule has 3 aliphatic rings. The summed E-state index contributed by atoms with van der Waals surface area (Å²) in [7, 11) is -1.64. The van der Waals surface area contributed by atoms with Crippen LogP contribution in [0.15, 0.2) is 46.5 Å². The molecule has 0 aromatic heterocycles. The van der Waals surface area contributed by atoms with Gasteiger partial charge in [0.15, 0.2) is 0 Å². The Balaban J connectivity index is 1.47. The molecule has 3 N–H and O–H groups in total. The van der Waals surface area contributed by atoms with Crippen LogP contribution in [0.3, 0.4) is 0 Å². The van der Waals surface area contributed by atoms with Crippen molar-refractivity contribution in [3.05, 3.63) is 47.0 Å². The Hall–Kier alpha value is -2.45. The van der Waals surface area contributed by atoms with Gasteiger partial charge in [-0.1, -0.05) is 50.0 Å². The fourth-order valence-corrected chi connectivity index (χ4v) is 7.37. The van der Waals surface area contributed by atoms with E-state index in [4.69, 9.17) is 0 Å². The average molecular weight is 455 g/mol. The third-order valence-corrected chi connectivity index (χ3v) is 11.2. The first-order valence-electron chi connectivity index (χ1n) is 11.3. The number of carbonyl (C=O) groups is 2. The van der Waals surface area contributed by atoms with Gasteiger partial charge in [-0.25, -0.2) is 4.79 Å². The van der Waals surface area contributed by atoms with E-state index < -0.39 is 19.7 Å². The molecule has 0 unspecified atom stereocenters. The normalized spacial score (nSPS) is 21.7. The number of benzene rings is 1. The molecular formula is C24H34N4O3Si. The molecule has 2 heterocycles. The highest BCUT2D eigenvalue weighted by molar-refractivity contribution is 6.83. The molecule has 1 aromatic carbocycles. The van der Waals surface area contributed by atoms with Gasteiger partial charge in [-0.2, -0.15) is 0 Å². The topological polar surface area (TPSA) is 94.0 Å². The lowest BCUT2D eigenvalue weighted by atomic mass is 9.94. The van der Waals surface area contributed by atoms with E-state index in [0.717, 1.165) is 29.6 Å². The van der Waals surface area contributed by atoms with E-state index >= 15 is 0 Å². The Labute approximate surface area is 191 Å². The number of urea groups is 1. The largest absolute Gasteiger partial charge is 0.394 e. The highest BCUT2D eigenvalue weighted by Crippen LogP contribution is 2.60. The maximum absolute atomic E-state index is 13.2. The summed E-state index contributed by atoms with van der Waals surface area (Å²) in [6, 6.07) is 8.74. The van der Waals surface area contributed by atoms with E-state index in [1.165, 1.54) is 0 Å². The van der Waals surface area contributed by atoms with Crippen LogP contribution in [-0.4, -0.2) is 61.1 Å². The number of hydrogen-bond acceptors (Lipinski definition) is 4. The van der Waals surface area contributed by atoms with E-state index in [0.29, 0.717) is 18.9 Å². The van der Waals surface area contributed by atoms with Crippen molar-refractivity contribution >= 4 is 25.8 Å². The van der Waals surface area contributed by atoms with Crippen LogP contribution in [0, 0.1) is 0 Å². The number of aliphatic hydroxyl groups excluding tert-OH is 1. The summed E-state index contributed by atoms with van der Waals surface area (Å²) < 4.78 is 0. The molecule has 0 saturated heterocycles. The highest BCUT2D eigenvalue weighted by atomic mass is 28.3. The molecule has 1 saturated carbocycles. The van der Waals surface area contributed by atoms with Crippen molar-refractivity contribution in [2.24, 2.45) is 4.99 Å². The monoisotopic (exact) mass is 454 g/mol. The molecule has 0 spiro atoms. The number of aliphatic imine (C=N–C) groups is 1. The van der Waals surface area contributed by atoms with Crippen molar-refractivity contribution in [2.45, 2.75) is 62.9 Å². The van der Waals surface area contributed by atoms with Crippen molar-refractivity contribution in [2.75, 3.05) is 19.7 Å². The first kappa shape index (κ1) is 22.7. The Bertz CT molecular complexity index is 990. The number of aliphatic hydroxyl groups is 1. The van der Waals surface area contributed by atoms with Crippen molar-refractivity contribution in [3.8, 4) is 0 Å². The Morgan fingerprint density at radius 3 is 2.41 bits per heavy atom. The van der Waals surface area contributed by atoms with E-state index in [9.17, 15) is 14.7 Å². The van der Waals surface area contributed by atoms with Gasteiger partial charge in [0.1, 0.15) is 5.84 Å². The highest BCUT2D eigenvalue weighted by Gasteiger charge is 2.59. The molecule has 172 valence electrons. The number of nitrogens with one attached hydrogen (secondary N) is 2. The van der Waals surface area contributed by atoms with Gasteiger partial charge in [-0.3, -0.25) is 9.79 Å². The van der Waals surface area contributed by atoms with Crippen LogP contribution in [0.25, 0.3) is 0 Å². The predicted octanol–water partition coefficient (Wildman–Crippen LogP) is 3.22. The van der Waals surface area contributed by atoms with Gasteiger partial charge in [0.25, 0.3) is 0 Å². The van der Waals surface area contributed by atoms with Crippen LogP contribution in [-0.2, 0) is 4.79 Å². The summed E-state index contributed by atoms with van der Waals surface area (Å²) in [6.45, 7) is 11.5. The van der Waals surface area contributed by atoms with Gasteiger partial charge in [-0.15, -0.1) is 0 Å². The number of amides is 3. The molecule has 1 fully saturated rings. The summed E-state index contributed by atoms with van der Waals surface area (Å²) in [5, 5.41) is 15.7. The number of nitrogens with zero attached hydrogens (tertiary/aromatic N) is 2. The minimum atomic E-state index is -1.64. The molecule has 4 rings (SSSR count). The van der Waals surface area contributed by atoms with Crippen LogP contribution in [0.5, 0.6) is 0 Å². The maximum atomic E-state index is 13.2. The first-order valence-corrected chi connectivity index (χ1v) is 14.8. The standard InChI is InChI=1S/C24H34N4O3Si/c1-23(2)18-13-25-20(27-21(30)24(11-12-24)32(3,4)5)17(18)14-28(23)22(31)26-19(15-29)16-9-7-6-8-10-16/h6-10,19,29H,11-15H2,1-5H3,(H,26,31)(H,25,27,30)/t19-/m1/s1. The van der Waals surface area contributed by atoms with Crippen molar-refractivity contribution in [1.29, 1.82) is 0 Å². The molecule has 0 bridgehead atoms. The van der Waals surface area contributed by atoms with Gasteiger partial charge in [0.2, 0.25) is 5.91 Å². The summed E-state index contributed by atoms with van der Waals surface area (Å²) in [5.41, 5.74) is 2.35. The summed E-state index contributed by atoms with van der Waals surface area (Å²) in [5.74, 6) is 0.717. The molecule has 32 heavy (non-hydrogen) atoms. The smallest absolute Gasteiger partial charge is 0.318 e. The summed E-state index contributed by atoms with van der Waals surface area (Å²) in [6.07, 6.45) is 1.91. The molecule has 1 aromatic rings. The third kappa shape index (κ3) is 3.69. The quantitative estimate of drug-likeness (QED) is 0.596. The van der Waals surface area contributed by atoms with E-state index in [-0.39, 0.29) is 23.6 Å². The zero-order valence-corrected chi connectivity index (χ0v) is 20.7. The van der Waals surface area contributed by atoms with Crippen LogP contribution in [0.4, 0.5) is 4.79 Å². The fourth-order valence-electron chi connectivity index (χ4n) is 5.00. The van der Waals surface area contributed by atoms with E-state index in [2.05, 4.69) is 35.3 Å². The van der Waals surface area contributed by atoms with Crippen molar-refractivity contribution < 1.29 is 14.7 Å². The second-order valence-electron chi connectivity index (χ2n) is 10.6. The average Bonchev–Trinajstić information content (AvgIpc) is 3.41. The fraction of sp³-hybridized carbons (Fsp3) is 0.542. The minimum absolute atomic E-state index is 0.0919. The van der Waals surface area contributed by atoms with Crippen LogP contribution in [0.1, 0.15) is 38.3 Å². The van der Waals surface area contributed by atoms with E-state index in [1.807, 2.05) is 44.2 Å². The number of rotatable bonds is 5. The third-order valence-electron chi connectivity index (χ3n) is 7.55. The molecule has 8 heteroatoms. The molecule has 1 aliphatic carbocycles. The molecule has 2 aliphatic heterocycles. The SMILES string of the molecule is CC1(C)C2=C(CN1C(=O)N[C@H](CO)c1ccccc1)C(NC(=O)C1([Si](C)(C)C)CC1)=NC2. The number of amidine groups is 1. The Kier molecular flexibility index (Phi) is 5.57. The summed E-state index contributed by atoms with van der Waals surface area (Å²) >= 11 is 0. The van der Waals surface area contributed by atoms with Crippen LogP contribution < -0.4 is 10.6 Å². The number of carbonyl (C=O) groups excluding carboxylic acids is 2. The second-order valence-corrected chi connectivity index (χ2v) is 16.1. The van der Waals surface area contributed by atoms with Gasteiger partial charge >= 0.3 is 6.03 Å². The lowest BCUT2D eigenvalue weighted by Crippen LogP contribution is -2.51. The second kappa shape index (κ2) is 7.85. The predicted molar refractivity (Wildman–Crippen MR) is 128 cm³/mol. The molecule has 0 radical (unpaired) electrons. The minimum Gasteiger partial charge on any atom is -0.394 e.